The molecule has 0 amide bonds. The Morgan fingerprint density at radius 3 is 2.78 bits per heavy atom. The van der Waals surface area contributed by atoms with E-state index < -0.39 is 0 Å². The summed E-state index contributed by atoms with van der Waals surface area (Å²) < 4.78 is 12.1. The second-order valence-electron chi connectivity index (χ2n) is 5.51. The van der Waals surface area contributed by atoms with E-state index in [2.05, 4.69) is 26.4 Å². The molecule has 2 heterocycles. The summed E-state index contributed by atoms with van der Waals surface area (Å²) in [5.74, 6) is 2.71. The van der Waals surface area contributed by atoms with Crippen molar-refractivity contribution in [3.8, 4) is 11.3 Å². The van der Waals surface area contributed by atoms with Crippen LogP contribution >= 0.6 is 15.9 Å². The van der Waals surface area contributed by atoms with E-state index in [1.807, 2.05) is 50.2 Å². The van der Waals surface area contributed by atoms with Gasteiger partial charge in [0.15, 0.2) is 0 Å². The van der Waals surface area contributed by atoms with E-state index in [0.29, 0.717) is 6.54 Å². The van der Waals surface area contributed by atoms with Crippen molar-refractivity contribution >= 4 is 15.9 Å². The highest BCUT2D eigenvalue weighted by Gasteiger charge is 2.09. The standard InChI is InChI=1S/C18H19BrN2O2/c1-12-17(13(2)23-21-12)8-9-20-11-16-6-7-18(22-16)14-4-3-5-15(19)10-14/h3-7,10,20H,8-9,11H2,1-2H3. The minimum absolute atomic E-state index is 0.706. The van der Waals surface area contributed by atoms with E-state index >= 15 is 0 Å². The zero-order chi connectivity index (χ0) is 16.2. The minimum atomic E-state index is 0.706. The molecule has 0 fully saturated rings. The summed E-state index contributed by atoms with van der Waals surface area (Å²) in [6, 6.07) is 12.1. The molecular weight excluding hydrogens is 356 g/mol. The van der Waals surface area contributed by atoms with Crippen LogP contribution in [0, 0.1) is 13.8 Å². The van der Waals surface area contributed by atoms with Crippen LogP contribution in [0.2, 0.25) is 0 Å². The first-order valence-electron chi connectivity index (χ1n) is 7.60. The molecule has 4 nitrogen and oxygen atoms in total. The number of furan rings is 1. The molecule has 0 aliphatic carbocycles. The average molecular weight is 375 g/mol. The molecule has 0 saturated heterocycles. The van der Waals surface area contributed by atoms with Gasteiger partial charge in [0.05, 0.1) is 12.2 Å². The Morgan fingerprint density at radius 1 is 1.17 bits per heavy atom. The van der Waals surface area contributed by atoms with Crippen LogP contribution < -0.4 is 5.32 Å². The molecular formula is C18H19BrN2O2. The van der Waals surface area contributed by atoms with Crippen LogP contribution in [-0.4, -0.2) is 11.7 Å². The van der Waals surface area contributed by atoms with Gasteiger partial charge in [-0.3, -0.25) is 0 Å². The minimum Gasteiger partial charge on any atom is -0.460 e. The maximum absolute atomic E-state index is 5.90. The second-order valence-corrected chi connectivity index (χ2v) is 6.42. The van der Waals surface area contributed by atoms with Gasteiger partial charge in [-0.05, 0) is 51.1 Å². The van der Waals surface area contributed by atoms with Crippen LogP contribution in [0.25, 0.3) is 11.3 Å². The van der Waals surface area contributed by atoms with E-state index in [-0.39, 0.29) is 0 Å². The Morgan fingerprint density at radius 2 is 2.04 bits per heavy atom. The third kappa shape index (κ3) is 3.92. The second kappa shape index (κ2) is 7.15. The third-order valence-corrected chi connectivity index (χ3v) is 4.30. The van der Waals surface area contributed by atoms with Crippen molar-refractivity contribution in [1.82, 2.24) is 10.5 Å². The number of aryl methyl sites for hydroxylation is 2. The normalized spacial score (nSPS) is 11.1. The van der Waals surface area contributed by atoms with Gasteiger partial charge in [0.1, 0.15) is 17.3 Å². The monoisotopic (exact) mass is 374 g/mol. The van der Waals surface area contributed by atoms with Crippen LogP contribution in [-0.2, 0) is 13.0 Å². The van der Waals surface area contributed by atoms with Gasteiger partial charge in [-0.1, -0.05) is 33.2 Å². The van der Waals surface area contributed by atoms with Crippen molar-refractivity contribution < 1.29 is 8.94 Å². The summed E-state index contributed by atoms with van der Waals surface area (Å²) in [5, 5.41) is 7.37. The Kier molecular flexibility index (Phi) is 4.98. The van der Waals surface area contributed by atoms with Crippen LogP contribution in [0.4, 0.5) is 0 Å². The van der Waals surface area contributed by atoms with E-state index in [0.717, 1.165) is 46.0 Å². The first kappa shape index (κ1) is 16.0. The molecule has 2 aromatic heterocycles. The van der Waals surface area contributed by atoms with Crippen molar-refractivity contribution in [3.63, 3.8) is 0 Å². The summed E-state index contributed by atoms with van der Waals surface area (Å²) in [7, 11) is 0. The van der Waals surface area contributed by atoms with Crippen LogP contribution in [0.5, 0.6) is 0 Å². The highest BCUT2D eigenvalue weighted by Crippen LogP contribution is 2.25. The zero-order valence-corrected chi connectivity index (χ0v) is 14.8. The van der Waals surface area contributed by atoms with E-state index in [1.165, 1.54) is 5.56 Å². The van der Waals surface area contributed by atoms with Crippen molar-refractivity contribution in [2.45, 2.75) is 26.8 Å². The predicted molar refractivity (Wildman–Crippen MR) is 93.2 cm³/mol. The third-order valence-electron chi connectivity index (χ3n) is 3.80. The van der Waals surface area contributed by atoms with E-state index in [1.54, 1.807) is 0 Å². The molecule has 23 heavy (non-hydrogen) atoms. The molecule has 0 saturated carbocycles. The number of hydrogen-bond donors (Lipinski definition) is 1. The van der Waals surface area contributed by atoms with Crippen molar-refractivity contribution in [2.75, 3.05) is 6.54 Å². The van der Waals surface area contributed by atoms with Crippen molar-refractivity contribution in [1.29, 1.82) is 0 Å². The molecule has 0 aliphatic rings. The maximum Gasteiger partial charge on any atom is 0.137 e. The smallest absolute Gasteiger partial charge is 0.137 e. The van der Waals surface area contributed by atoms with Crippen LogP contribution in [0.15, 0.2) is 49.8 Å². The maximum atomic E-state index is 5.90. The highest BCUT2D eigenvalue weighted by atomic mass is 79.9. The fourth-order valence-corrected chi connectivity index (χ4v) is 2.95. The van der Waals surface area contributed by atoms with Crippen LogP contribution in [0.1, 0.15) is 22.8 Å². The molecule has 0 radical (unpaired) electrons. The number of nitrogens with one attached hydrogen (secondary N) is 1. The van der Waals surface area contributed by atoms with Gasteiger partial charge in [-0.2, -0.15) is 0 Å². The van der Waals surface area contributed by atoms with Gasteiger partial charge in [0, 0.05) is 15.6 Å². The fourth-order valence-electron chi connectivity index (χ4n) is 2.55. The molecule has 3 aromatic rings. The van der Waals surface area contributed by atoms with Gasteiger partial charge in [0.2, 0.25) is 0 Å². The first-order chi connectivity index (χ1) is 11.1. The summed E-state index contributed by atoms with van der Waals surface area (Å²) >= 11 is 3.48. The predicted octanol–water partition coefficient (Wildman–Crippen LogP) is 4.65. The molecule has 0 unspecified atom stereocenters. The molecule has 3 rings (SSSR count). The van der Waals surface area contributed by atoms with E-state index in [9.17, 15) is 0 Å². The van der Waals surface area contributed by atoms with Crippen molar-refractivity contribution in [2.24, 2.45) is 0 Å². The molecule has 0 aliphatic heterocycles. The molecule has 1 N–H and O–H groups in total. The van der Waals surface area contributed by atoms with Gasteiger partial charge < -0.3 is 14.3 Å². The molecule has 0 spiro atoms. The Hall–Kier alpha value is -1.85. The number of benzene rings is 1. The largest absolute Gasteiger partial charge is 0.460 e. The summed E-state index contributed by atoms with van der Waals surface area (Å²) in [6.07, 6.45) is 0.903. The number of aromatic nitrogens is 1. The lowest BCUT2D eigenvalue weighted by molar-refractivity contribution is 0.392. The first-order valence-corrected chi connectivity index (χ1v) is 8.40. The lowest BCUT2D eigenvalue weighted by Gasteiger charge is -2.03. The Balaban J connectivity index is 1.54. The fraction of sp³-hybridized carbons (Fsp3) is 0.278. The van der Waals surface area contributed by atoms with Gasteiger partial charge >= 0.3 is 0 Å². The van der Waals surface area contributed by atoms with Crippen LogP contribution in [0.3, 0.4) is 0 Å². The summed E-state index contributed by atoms with van der Waals surface area (Å²) in [5.41, 5.74) is 3.23. The SMILES string of the molecule is Cc1noc(C)c1CCNCc1ccc(-c2cccc(Br)c2)o1. The molecule has 1 aromatic carbocycles. The van der Waals surface area contributed by atoms with Gasteiger partial charge in [-0.25, -0.2) is 0 Å². The molecule has 120 valence electrons. The Bertz CT molecular complexity index is 772. The summed E-state index contributed by atoms with van der Waals surface area (Å²) in [6.45, 7) is 5.49. The molecule has 5 heteroatoms. The topological polar surface area (TPSA) is 51.2 Å². The quantitative estimate of drug-likeness (QED) is 0.638. The number of nitrogens with zero attached hydrogens (tertiary/aromatic N) is 1. The molecule has 0 bridgehead atoms. The van der Waals surface area contributed by atoms with Crippen molar-refractivity contribution in [3.05, 3.63) is 63.6 Å². The highest BCUT2D eigenvalue weighted by molar-refractivity contribution is 9.10. The van der Waals surface area contributed by atoms with E-state index in [4.69, 9.17) is 8.94 Å². The van der Waals surface area contributed by atoms with Gasteiger partial charge in [-0.15, -0.1) is 0 Å². The Labute approximate surface area is 144 Å². The van der Waals surface area contributed by atoms with Gasteiger partial charge in [0.25, 0.3) is 0 Å². The number of rotatable bonds is 6. The lowest BCUT2D eigenvalue weighted by atomic mass is 10.1. The molecule has 0 atom stereocenters. The zero-order valence-electron chi connectivity index (χ0n) is 13.2. The average Bonchev–Trinajstić information content (AvgIpc) is 3.12. The number of hydrogen-bond acceptors (Lipinski definition) is 4. The lowest BCUT2D eigenvalue weighted by Crippen LogP contribution is -2.16. The summed E-state index contributed by atoms with van der Waals surface area (Å²) in [4.78, 5) is 0. The number of halogens is 1.